The summed E-state index contributed by atoms with van der Waals surface area (Å²) in [7, 11) is 2.05. The molecular weight excluding hydrogens is 226 g/mol. The topological polar surface area (TPSA) is 30.5 Å². The molecule has 0 aromatic heterocycles. The van der Waals surface area contributed by atoms with Gasteiger partial charge in [-0.1, -0.05) is 13.8 Å². The van der Waals surface area contributed by atoms with Crippen LogP contribution in [0.5, 0.6) is 0 Å². The number of nitrogens with one attached hydrogen (secondary N) is 1. The Morgan fingerprint density at radius 3 is 2.50 bits per heavy atom. The quantitative estimate of drug-likeness (QED) is 0.761. The molecule has 1 aliphatic rings. The SMILES string of the molecule is CCOCC(C)OC1CC(C(C)C)CCC1NC. The van der Waals surface area contributed by atoms with Crippen molar-refractivity contribution in [3.63, 3.8) is 0 Å². The van der Waals surface area contributed by atoms with Crippen molar-refractivity contribution in [1.29, 1.82) is 0 Å². The number of likely N-dealkylation sites (N-methyl/N-ethyl adjacent to an activating group) is 1. The summed E-state index contributed by atoms with van der Waals surface area (Å²) in [6, 6.07) is 0.504. The zero-order chi connectivity index (χ0) is 13.5. The molecule has 0 bridgehead atoms. The first kappa shape index (κ1) is 15.9. The van der Waals surface area contributed by atoms with E-state index in [0.717, 1.165) is 18.4 Å². The van der Waals surface area contributed by atoms with Crippen LogP contribution < -0.4 is 5.32 Å². The molecular formula is C15H31NO2. The van der Waals surface area contributed by atoms with Crippen molar-refractivity contribution in [2.45, 2.75) is 65.2 Å². The molecule has 3 nitrogen and oxygen atoms in total. The van der Waals surface area contributed by atoms with Gasteiger partial charge in [0.05, 0.1) is 18.8 Å². The molecule has 0 heterocycles. The van der Waals surface area contributed by atoms with Crippen LogP contribution >= 0.6 is 0 Å². The number of hydrogen-bond donors (Lipinski definition) is 1. The van der Waals surface area contributed by atoms with Crippen LogP contribution in [-0.4, -0.2) is 38.5 Å². The first-order valence-electron chi connectivity index (χ1n) is 7.48. The van der Waals surface area contributed by atoms with E-state index in [1.165, 1.54) is 19.3 Å². The highest BCUT2D eigenvalue weighted by Crippen LogP contribution is 2.32. The van der Waals surface area contributed by atoms with E-state index < -0.39 is 0 Å². The molecule has 0 saturated heterocycles. The molecule has 0 aromatic carbocycles. The van der Waals surface area contributed by atoms with Gasteiger partial charge in [0.25, 0.3) is 0 Å². The molecule has 108 valence electrons. The highest BCUT2D eigenvalue weighted by atomic mass is 16.5. The van der Waals surface area contributed by atoms with Crippen molar-refractivity contribution in [3.8, 4) is 0 Å². The molecule has 0 radical (unpaired) electrons. The Morgan fingerprint density at radius 2 is 1.94 bits per heavy atom. The minimum atomic E-state index is 0.191. The molecule has 0 aromatic rings. The first-order chi connectivity index (χ1) is 8.58. The fourth-order valence-corrected chi connectivity index (χ4v) is 2.87. The van der Waals surface area contributed by atoms with Gasteiger partial charge in [0.1, 0.15) is 0 Å². The number of ether oxygens (including phenoxy) is 2. The Labute approximate surface area is 113 Å². The van der Waals surface area contributed by atoms with Crippen LogP contribution in [0.3, 0.4) is 0 Å². The highest BCUT2D eigenvalue weighted by Gasteiger charge is 2.32. The highest BCUT2D eigenvalue weighted by molar-refractivity contribution is 4.86. The van der Waals surface area contributed by atoms with Crippen molar-refractivity contribution in [1.82, 2.24) is 5.32 Å². The van der Waals surface area contributed by atoms with Gasteiger partial charge in [-0.2, -0.15) is 0 Å². The van der Waals surface area contributed by atoms with Crippen LogP contribution in [-0.2, 0) is 9.47 Å². The van der Waals surface area contributed by atoms with Gasteiger partial charge in [-0.3, -0.25) is 0 Å². The fourth-order valence-electron chi connectivity index (χ4n) is 2.87. The van der Waals surface area contributed by atoms with Crippen molar-refractivity contribution in [3.05, 3.63) is 0 Å². The van der Waals surface area contributed by atoms with Crippen molar-refractivity contribution < 1.29 is 9.47 Å². The minimum Gasteiger partial charge on any atom is -0.379 e. The zero-order valence-electron chi connectivity index (χ0n) is 12.7. The Hall–Kier alpha value is -0.120. The summed E-state index contributed by atoms with van der Waals surface area (Å²) in [6.07, 6.45) is 4.26. The molecule has 4 unspecified atom stereocenters. The molecule has 1 rings (SSSR count). The predicted molar refractivity (Wildman–Crippen MR) is 75.9 cm³/mol. The lowest BCUT2D eigenvalue weighted by Crippen LogP contribution is -2.46. The van der Waals surface area contributed by atoms with E-state index in [9.17, 15) is 0 Å². The summed E-state index contributed by atoms with van der Waals surface area (Å²) < 4.78 is 11.6. The summed E-state index contributed by atoms with van der Waals surface area (Å²) in [4.78, 5) is 0. The molecule has 0 spiro atoms. The van der Waals surface area contributed by atoms with Crippen LogP contribution in [0.15, 0.2) is 0 Å². The molecule has 3 heteroatoms. The number of rotatable bonds is 7. The molecule has 18 heavy (non-hydrogen) atoms. The van der Waals surface area contributed by atoms with Crippen LogP contribution in [0.25, 0.3) is 0 Å². The third-order valence-corrected chi connectivity index (χ3v) is 4.11. The van der Waals surface area contributed by atoms with Gasteiger partial charge >= 0.3 is 0 Å². The van der Waals surface area contributed by atoms with E-state index in [2.05, 4.69) is 26.1 Å². The van der Waals surface area contributed by atoms with Crippen LogP contribution in [0, 0.1) is 11.8 Å². The maximum absolute atomic E-state index is 6.19. The maximum atomic E-state index is 6.19. The Kier molecular flexibility index (Phi) is 7.20. The van der Waals surface area contributed by atoms with Gasteiger partial charge in [0, 0.05) is 12.6 Å². The van der Waals surface area contributed by atoms with Crippen LogP contribution in [0.4, 0.5) is 0 Å². The van der Waals surface area contributed by atoms with Crippen LogP contribution in [0.2, 0.25) is 0 Å². The Balaban J connectivity index is 2.46. The summed E-state index contributed by atoms with van der Waals surface area (Å²) in [5, 5.41) is 3.41. The van der Waals surface area contributed by atoms with Gasteiger partial charge in [0.2, 0.25) is 0 Å². The van der Waals surface area contributed by atoms with Gasteiger partial charge in [-0.15, -0.1) is 0 Å². The van der Waals surface area contributed by atoms with E-state index in [1.54, 1.807) is 0 Å². The van der Waals surface area contributed by atoms with Crippen molar-refractivity contribution in [2.75, 3.05) is 20.3 Å². The third-order valence-electron chi connectivity index (χ3n) is 4.11. The van der Waals surface area contributed by atoms with E-state index in [0.29, 0.717) is 18.8 Å². The molecule has 1 saturated carbocycles. The smallest absolute Gasteiger partial charge is 0.0785 e. The lowest BCUT2D eigenvalue weighted by Gasteiger charge is -2.38. The Bertz CT molecular complexity index is 221. The summed E-state index contributed by atoms with van der Waals surface area (Å²) >= 11 is 0. The number of hydrogen-bond acceptors (Lipinski definition) is 3. The fraction of sp³-hybridized carbons (Fsp3) is 1.00. The van der Waals surface area contributed by atoms with Crippen molar-refractivity contribution in [2.24, 2.45) is 11.8 Å². The minimum absolute atomic E-state index is 0.191. The summed E-state index contributed by atoms with van der Waals surface area (Å²) in [5.41, 5.74) is 0. The van der Waals surface area contributed by atoms with E-state index in [1.807, 2.05) is 14.0 Å². The third kappa shape index (κ3) is 4.87. The lowest BCUT2D eigenvalue weighted by molar-refractivity contribution is -0.0808. The monoisotopic (exact) mass is 257 g/mol. The van der Waals surface area contributed by atoms with Crippen molar-refractivity contribution >= 4 is 0 Å². The van der Waals surface area contributed by atoms with Gasteiger partial charge < -0.3 is 14.8 Å². The van der Waals surface area contributed by atoms with Gasteiger partial charge in [0.15, 0.2) is 0 Å². The lowest BCUT2D eigenvalue weighted by atomic mass is 9.78. The second-order valence-corrected chi connectivity index (χ2v) is 5.86. The second-order valence-electron chi connectivity index (χ2n) is 5.86. The molecule has 1 N–H and O–H groups in total. The average molecular weight is 257 g/mol. The predicted octanol–water partition coefficient (Wildman–Crippen LogP) is 2.84. The molecule has 4 atom stereocenters. The van der Waals surface area contributed by atoms with Gasteiger partial charge in [-0.05, 0) is 52.0 Å². The average Bonchev–Trinajstić information content (AvgIpc) is 2.36. The molecule has 1 aliphatic carbocycles. The summed E-state index contributed by atoms with van der Waals surface area (Å²) in [5.74, 6) is 1.56. The largest absolute Gasteiger partial charge is 0.379 e. The summed E-state index contributed by atoms with van der Waals surface area (Å²) in [6.45, 7) is 10.3. The first-order valence-corrected chi connectivity index (χ1v) is 7.48. The Morgan fingerprint density at radius 1 is 1.22 bits per heavy atom. The van der Waals surface area contributed by atoms with E-state index in [4.69, 9.17) is 9.47 Å². The van der Waals surface area contributed by atoms with Crippen LogP contribution in [0.1, 0.15) is 47.0 Å². The second kappa shape index (κ2) is 8.13. The molecule has 1 fully saturated rings. The van der Waals surface area contributed by atoms with E-state index >= 15 is 0 Å². The molecule has 0 aliphatic heterocycles. The van der Waals surface area contributed by atoms with E-state index in [-0.39, 0.29) is 6.10 Å². The molecule has 0 amide bonds. The standard InChI is InChI=1S/C15H31NO2/c1-6-17-10-12(4)18-15-9-13(11(2)3)7-8-14(15)16-5/h11-16H,6-10H2,1-5H3. The maximum Gasteiger partial charge on any atom is 0.0785 e. The zero-order valence-corrected chi connectivity index (χ0v) is 12.7. The van der Waals surface area contributed by atoms with Gasteiger partial charge in [-0.25, -0.2) is 0 Å². The normalized spacial score (nSPS) is 30.7.